The molecule has 2 unspecified atom stereocenters. The first-order valence-electron chi connectivity index (χ1n) is 9.53. The van der Waals surface area contributed by atoms with E-state index in [1.807, 2.05) is 30.3 Å². The number of anilines is 1. The number of benzene rings is 1. The molecule has 3 amide bonds. The fourth-order valence-corrected chi connectivity index (χ4v) is 3.17. The van der Waals surface area contributed by atoms with Crippen molar-refractivity contribution in [2.75, 3.05) is 31.5 Å². The molecule has 2 rings (SSSR count). The van der Waals surface area contributed by atoms with E-state index < -0.39 is 0 Å². The molecule has 0 bridgehead atoms. The second kappa shape index (κ2) is 9.71. The Morgan fingerprint density at radius 2 is 1.74 bits per heavy atom. The lowest BCUT2D eigenvalue weighted by Crippen LogP contribution is -2.58. The summed E-state index contributed by atoms with van der Waals surface area (Å²) in [5.41, 5.74) is 0.565. The van der Waals surface area contributed by atoms with Gasteiger partial charge in [0.05, 0.1) is 12.2 Å². The molecule has 150 valence electrons. The summed E-state index contributed by atoms with van der Waals surface area (Å²) >= 11 is 0. The molecule has 0 aromatic heterocycles. The molecule has 1 aliphatic heterocycles. The normalized spacial score (nSPS) is 20.7. The number of hydrogen-bond acceptors (Lipinski definition) is 4. The number of para-hydroxylation sites is 1. The Hall–Kier alpha value is -2.12. The van der Waals surface area contributed by atoms with Crippen molar-refractivity contribution in [2.45, 2.75) is 51.9 Å². The predicted octanol–water partition coefficient (Wildman–Crippen LogP) is 2.20. The quantitative estimate of drug-likeness (QED) is 0.681. The minimum Gasteiger partial charge on any atom is -0.373 e. The van der Waals surface area contributed by atoms with Crippen LogP contribution in [0.25, 0.3) is 0 Å². The van der Waals surface area contributed by atoms with E-state index in [1.165, 1.54) is 0 Å². The second-order valence-electron chi connectivity index (χ2n) is 7.75. The van der Waals surface area contributed by atoms with E-state index in [0.717, 1.165) is 18.8 Å². The topological polar surface area (TPSA) is 82.7 Å². The lowest BCUT2D eigenvalue weighted by Gasteiger charge is -2.45. The Bertz CT molecular complexity index is 611. The second-order valence-corrected chi connectivity index (χ2v) is 7.75. The van der Waals surface area contributed by atoms with Gasteiger partial charge in [-0.2, -0.15) is 0 Å². The minimum absolute atomic E-state index is 0.0718. The number of carbonyl (C=O) groups excluding carboxylic acids is 2. The van der Waals surface area contributed by atoms with Crippen molar-refractivity contribution in [3.63, 3.8) is 0 Å². The average Bonchev–Trinajstić information content (AvgIpc) is 2.60. The van der Waals surface area contributed by atoms with Crippen molar-refractivity contribution in [2.24, 2.45) is 0 Å². The minimum atomic E-state index is -0.314. The monoisotopic (exact) mass is 376 g/mol. The van der Waals surface area contributed by atoms with Gasteiger partial charge in [0.25, 0.3) is 0 Å². The van der Waals surface area contributed by atoms with Crippen LogP contribution in [0.2, 0.25) is 0 Å². The maximum absolute atomic E-state index is 12.1. The maximum Gasteiger partial charge on any atom is 0.319 e. The molecule has 0 aliphatic carbocycles. The molecule has 1 heterocycles. The van der Waals surface area contributed by atoms with E-state index in [0.29, 0.717) is 6.54 Å². The molecule has 1 saturated heterocycles. The summed E-state index contributed by atoms with van der Waals surface area (Å²) in [6, 6.07) is 8.88. The number of nitrogens with zero attached hydrogens (tertiary/aromatic N) is 1. The molecule has 7 nitrogen and oxygen atoms in total. The Morgan fingerprint density at radius 3 is 2.37 bits per heavy atom. The molecule has 0 saturated carbocycles. The van der Waals surface area contributed by atoms with E-state index in [-0.39, 0.29) is 42.7 Å². The zero-order chi connectivity index (χ0) is 19.9. The zero-order valence-corrected chi connectivity index (χ0v) is 16.7. The summed E-state index contributed by atoms with van der Waals surface area (Å²) in [6.07, 6.45) is 0.626. The summed E-state index contributed by atoms with van der Waals surface area (Å²) < 4.78 is 5.78. The van der Waals surface area contributed by atoms with Crippen LogP contribution in [0, 0.1) is 0 Å². The van der Waals surface area contributed by atoms with E-state index in [2.05, 4.69) is 48.5 Å². The molecule has 1 aromatic rings. The molecule has 3 N–H and O–H groups in total. The Balaban J connectivity index is 1.67. The zero-order valence-electron chi connectivity index (χ0n) is 16.7. The molecule has 7 heteroatoms. The van der Waals surface area contributed by atoms with Gasteiger partial charge >= 0.3 is 6.03 Å². The maximum atomic E-state index is 12.1. The van der Waals surface area contributed by atoms with Crippen molar-refractivity contribution in [3.05, 3.63) is 30.3 Å². The third-order valence-corrected chi connectivity index (χ3v) is 4.66. The van der Waals surface area contributed by atoms with Gasteiger partial charge in [0.2, 0.25) is 5.91 Å². The number of rotatable bonds is 7. The largest absolute Gasteiger partial charge is 0.373 e. The lowest BCUT2D eigenvalue weighted by molar-refractivity contribution is -0.122. The number of morpholine rings is 1. The van der Waals surface area contributed by atoms with E-state index >= 15 is 0 Å². The van der Waals surface area contributed by atoms with Gasteiger partial charge in [0, 0.05) is 43.8 Å². The number of ether oxygens (including phenoxy) is 1. The molecule has 0 radical (unpaired) electrons. The molecule has 1 aromatic carbocycles. The molecular formula is C20H32N4O3. The molecule has 1 fully saturated rings. The fraction of sp³-hybridized carbons (Fsp3) is 0.600. The van der Waals surface area contributed by atoms with E-state index in [9.17, 15) is 9.59 Å². The van der Waals surface area contributed by atoms with Gasteiger partial charge in [-0.3, -0.25) is 9.69 Å². The third kappa shape index (κ3) is 7.19. The van der Waals surface area contributed by atoms with Crippen LogP contribution in [0.4, 0.5) is 10.5 Å². The number of carbonyl (C=O) groups is 2. The third-order valence-electron chi connectivity index (χ3n) is 4.66. The first-order chi connectivity index (χ1) is 12.8. The van der Waals surface area contributed by atoms with Crippen molar-refractivity contribution < 1.29 is 14.3 Å². The van der Waals surface area contributed by atoms with Gasteiger partial charge in [-0.05, 0) is 39.8 Å². The smallest absolute Gasteiger partial charge is 0.319 e. The highest BCUT2D eigenvalue weighted by atomic mass is 16.5. The van der Waals surface area contributed by atoms with E-state index in [4.69, 9.17) is 4.74 Å². The van der Waals surface area contributed by atoms with Crippen molar-refractivity contribution in [1.29, 1.82) is 0 Å². The highest BCUT2D eigenvalue weighted by Crippen LogP contribution is 2.20. The van der Waals surface area contributed by atoms with Crippen LogP contribution < -0.4 is 16.0 Å². The van der Waals surface area contributed by atoms with Crippen LogP contribution >= 0.6 is 0 Å². The summed E-state index contributed by atoms with van der Waals surface area (Å²) in [4.78, 5) is 26.3. The predicted molar refractivity (Wildman–Crippen MR) is 107 cm³/mol. The number of hydrogen-bond donors (Lipinski definition) is 3. The van der Waals surface area contributed by atoms with Crippen molar-refractivity contribution >= 4 is 17.6 Å². The summed E-state index contributed by atoms with van der Waals surface area (Å²) in [5.74, 6) is -0.0718. The van der Waals surface area contributed by atoms with Crippen LogP contribution in [0.15, 0.2) is 30.3 Å². The van der Waals surface area contributed by atoms with Gasteiger partial charge in [-0.25, -0.2) is 4.79 Å². The van der Waals surface area contributed by atoms with Crippen LogP contribution in [0.3, 0.4) is 0 Å². The highest BCUT2D eigenvalue weighted by Gasteiger charge is 2.33. The van der Waals surface area contributed by atoms with Gasteiger partial charge in [-0.1, -0.05) is 18.2 Å². The van der Waals surface area contributed by atoms with Crippen LogP contribution in [-0.4, -0.2) is 60.8 Å². The molecule has 27 heavy (non-hydrogen) atoms. The van der Waals surface area contributed by atoms with Crippen LogP contribution in [0.1, 0.15) is 34.1 Å². The first kappa shape index (κ1) is 21.2. The Labute approximate surface area is 161 Å². The standard InChI is InChI=1S/C20H32N4O3/c1-15-12-24(13-16(2)27-15)20(3,4)14-22-18(25)10-11-21-19(26)23-17-8-6-5-7-9-17/h5-9,15-16H,10-14H2,1-4H3,(H,22,25)(H2,21,23,26). The highest BCUT2D eigenvalue weighted by molar-refractivity contribution is 5.89. The number of urea groups is 1. The van der Waals surface area contributed by atoms with Gasteiger partial charge in [0.1, 0.15) is 0 Å². The van der Waals surface area contributed by atoms with E-state index in [1.54, 1.807) is 0 Å². The fourth-order valence-electron chi connectivity index (χ4n) is 3.17. The van der Waals surface area contributed by atoms with Gasteiger partial charge in [0.15, 0.2) is 0 Å². The van der Waals surface area contributed by atoms with Crippen molar-refractivity contribution in [1.82, 2.24) is 15.5 Å². The Kier molecular flexibility index (Phi) is 7.62. The molecule has 0 spiro atoms. The first-order valence-corrected chi connectivity index (χ1v) is 9.53. The van der Waals surface area contributed by atoms with Gasteiger partial charge in [-0.15, -0.1) is 0 Å². The van der Waals surface area contributed by atoms with Crippen molar-refractivity contribution in [3.8, 4) is 0 Å². The number of amides is 3. The molecule has 1 aliphatic rings. The summed E-state index contributed by atoms with van der Waals surface area (Å²) in [5, 5.41) is 8.40. The Morgan fingerprint density at radius 1 is 1.11 bits per heavy atom. The van der Waals surface area contributed by atoms with Gasteiger partial charge < -0.3 is 20.7 Å². The van der Waals surface area contributed by atoms with Crippen LogP contribution in [-0.2, 0) is 9.53 Å². The SMILES string of the molecule is CC1CN(C(C)(C)CNC(=O)CCNC(=O)Nc2ccccc2)CC(C)O1. The molecular weight excluding hydrogens is 344 g/mol. The summed E-state index contributed by atoms with van der Waals surface area (Å²) in [7, 11) is 0. The average molecular weight is 377 g/mol. The van der Waals surface area contributed by atoms with Crippen LogP contribution in [0.5, 0.6) is 0 Å². The lowest BCUT2D eigenvalue weighted by atomic mass is 10.00. The number of nitrogens with one attached hydrogen (secondary N) is 3. The summed E-state index contributed by atoms with van der Waals surface area (Å²) in [6.45, 7) is 11.0. The molecule has 2 atom stereocenters.